The van der Waals surface area contributed by atoms with Gasteiger partial charge in [0.05, 0.1) is 23.9 Å². The van der Waals surface area contributed by atoms with Crippen molar-refractivity contribution in [2.24, 2.45) is 0 Å². The minimum atomic E-state index is -5.27. The average Bonchev–Trinajstić information content (AvgIpc) is 3.64. The topological polar surface area (TPSA) is 92.1 Å². The van der Waals surface area contributed by atoms with Crippen molar-refractivity contribution in [2.45, 2.75) is 45.2 Å². The second-order valence-corrected chi connectivity index (χ2v) is 10.2. The summed E-state index contributed by atoms with van der Waals surface area (Å²) in [4.78, 5) is 29.3. The standard InChI is InChI=1S/C30H24F5N3O6/c1-4-41-29-36-20-11-10-19(31)24(32)25(20)38(29)21-7-5-6-17-22(13-42-27(17)21)37(28(40)30(33,34)35)16-8-9-18-23(12-16)43-14(2)26(18)44-15(3)39/h5-12,14,22,26H,4,13H2,1-3H3/t14?,22-,26-/m1/s1. The first-order valence-corrected chi connectivity index (χ1v) is 13.5. The first-order valence-electron chi connectivity index (χ1n) is 13.5. The number of imidazole rings is 1. The van der Waals surface area contributed by atoms with Crippen LogP contribution >= 0.6 is 0 Å². The van der Waals surface area contributed by atoms with E-state index in [0.29, 0.717) is 10.5 Å². The Morgan fingerprint density at radius 3 is 2.59 bits per heavy atom. The predicted molar refractivity (Wildman–Crippen MR) is 145 cm³/mol. The number of alkyl halides is 3. The molecule has 3 heterocycles. The number of hydrogen-bond acceptors (Lipinski definition) is 7. The van der Waals surface area contributed by atoms with Crippen LogP contribution < -0.4 is 19.1 Å². The number of benzene rings is 3. The molecule has 0 saturated carbocycles. The molecule has 0 radical (unpaired) electrons. The van der Waals surface area contributed by atoms with Crippen LogP contribution in [0.25, 0.3) is 16.7 Å². The summed E-state index contributed by atoms with van der Waals surface area (Å²) in [6.07, 6.45) is -6.67. The molecule has 14 heteroatoms. The number of carbonyl (C=O) groups excluding carboxylic acids is 2. The fraction of sp³-hybridized carbons (Fsp3) is 0.300. The van der Waals surface area contributed by atoms with Crippen LogP contribution in [0, 0.1) is 11.6 Å². The summed E-state index contributed by atoms with van der Waals surface area (Å²) in [5, 5.41) is 0. The summed E-state index contributed by atoms with van der Waals surface area (Å²) in [5.74, 6) is -4.89. The van der Waals surface area contributed by atoms with Gasteiger partial charge >= 0.3 is 24.1 Å². The zero-order chi connectivity index (χ0) is 31.5. The second-order valence-electron chi connectivity index (χ2n) is 10.2. The lowest BCUT2D eigenvalue weighted by Gasteiger charge is -2.29. The maximum absolute atomic E-state index is 15.1. The number of amides is 1. The molecule has 1 amide bonds. The monoisotopic (exact) mass is 617 g/mol. The first kappa shape index (κ1) is 29.2. The molecule has 3 aromatic carbocycles. The number of fused-ring (bicyclic) bond motifs is 3. The fourth-order valence-electron chi connectivity index (χ4n) is 5.57. The van der Waals surface area contributed by atoms with Crippen molar-refractivity contribution in [3.63, 3.8) is 0 Å². The zero-order valence-corrected chi connectivity index (χ0v) is 23.4. The number of esters is 1. The molecule has 0 fully saturated rings. The van der Waals surface area contributed by atoms with E-state index in [2.05, 4.69) is 4.98 Å². The number of hydrogen-bond donors (Lipinski definition) is 0. The zero-order valence-electron chi connectivity index (χ0n) is 23.4. The van der Waals surface area contributed by atoms with Gasteiger partial charge in [-0.15, -0.1) is 0 Å². The highest BCUT2D eigenvalue weighted by molar-refractivity contribution is 5.98. The van der Waals surface area contributed by atoms with Crippen LogP contribution in [0.5, 0.6) is 17.5 Å². The normalized spacial score (nSPS) is 18.8. The van der Waals surface area contributed by atoms with Gasteiger partial charge in [-0.05, 0) is 44.2 Å². The minimum absolute atomic E-state index is 0.0299. The van der Waals surface area contributed by atoms with Crippen LogP contribution in [-0.4, -0.2) is 46.9 Å². The van der Waals surface area contributed by atoms with Crippen molar-refractivity contribution in [3.8, 4) is 23.2 Å². The highest BCUT2D eigenvalue weighted by Crippen LogP contribution is 2.47. The highest BCUT2D eigenvalue weighted by Gasteiger charge is 2.48. The number of nitrogens with zero attached hydrogens (tertiary/aromatic N) is 3. The van der Waals surface area contributed by atoms with Gasteiger partial charge in [0, 0.05) is 29.8 Å². The van der Waals surface area contributed by atoms with E-state index in [-0.39, 0.29) is 52.1 Å². The van der Waals surface area contributed by atoms with Gasteiger partial charge in [0.15, 0.2) is 17.7 Å². The molecule has 230 valence electrons. The van der Waals surface area contributed by atoms with Crippen LogP contribution in [0.1, 0.15) is 44.0 Å². The summed E-state index contributed by atoms with van der Waals surface area (Å²) in [7, 11) is 0. The van der Waals surface area contributed by atoms with E-state index in [0.717, 1.165) is 6.07 Å². The Morgan fingerprint density at radius 2 is 1.89 bits per heavy atom. The Kier molecular flexibility index (Phi) is 7.09. The molecular weight excluding hydrogens is 593 g/mol. The van der Waals surface area contributed by atoms with E-state index in [9.17, 15) is 27.2 Å². The van der Waals surface area contributed by atoms with Crippen LogP contribution in [0.15, 0.2) is 48.5 Å². The van der Waals surface area contributed by atoms with Crippen LogP contribution in [0.3, 0.4) is 0 Å². The Hall–Kier alpha value is -4.88. The van der Waals surface area contributed by atoms with Crippen molar-refractivity contribution in [1.82, 2.24) is 9.55 Å². The molecule has 6 rings (SSSR count). The average molecular weight is 618 g/mol. The smallest absolute Gasteiger partial charge is 0.471 e. The van der Waals surface area contributed by atoms with Crippen molar-refractivity contribution in [3.05, 3.63) is 71.3 Å². The summed E-state index contributed by atoms with van der Waals surface area (Å²) in [6, 6.07) is 9.28. The van der Waals surface area contributed by atoms with E-state index >= 15 is 4.39 Å². The van der Waals surface area contributed by atoms with E-state index in [1.165, 1.54) is 54.0 Å². The lowest BCUT2D eigenvalue weighted by molar-refractivity contribution is -0.171. The third kappa shape index (κ3) is 4.74. The van der Waals surface area contributed by atoms with Crippen LogP contribution in [0.4, 0.5) is 27.6 Å². The van der Waals surface area contributed by atoms with E-state index in [1.807, 2.05) is 0 Å². The van der Waals surface area contributed by atoms with Crippen LogP contribution in [-0.2, 0) is 14.3 Å². The van der Waals surface area contributed by atoms with Gasteiger partial charge in [0.2, 0.25) is 0 Å². The number of ether oxygens (including phenoxy) is 4. The van der Waals surface area contributed by atoms with E-state index < -0.39 is 54.5 Å². The van der Waals surface area contributed by atoms with E-state index in [1.54, 1.807) is 13.8 Å². The fourth-order valence-corrected chi connectivity index (χ4v) is 5.57. The molecule has 4 aromatic rings. The van der Waals surface area contributed by atoms with Gasteiger partial charge in [-0.3, -0.25) is 19.1 Å². The summed E-state index contributed by atoms with van der Waals surface area (Å²) in [5.41, 5.74) is 0.400. The molecule has 3 atom stereocenters. The number of halogens is 5. The van der Waals surface area contributed by atoms with Crippen molar-refractivity contribution in [1.29, 1.82) is 0 Å². The highest BCUT2D eigenvalue weighted by atomic mass is 19.4. The Morgan fingerprint density at radius 1 is 1.11 bits per heavy atom. The molecule has 0 bridgehead atoms. The third-order valence-electron chi connectivity index (χ3n) is 7.35. The SMILES string of the molecule is CCOc1nc2ccc(F)c(F)c2n1-c1cccc2c1OC[C@H]2N(C(=O)C(F)(F)F)c1ccc2c(c1)OC(C)[C@H]2OC(C)=O. The maximum atomic E-state index is 15.1. The molecule has 0 saturated heterocycles. The third-order valence-corrected chi connectivity index (χ3v) is 7.35. The van der Waals surface area contributed by atoms with Crippen molar-refractivity contribution < 1.29 is 50.5 Å². The number of anilines is 1. The Labute approximate surface area is 246 Å². The van der Waals surface area contributed by atoms with E-state index in [4.69, 9.17) is 18.9 Å². The van der Waals surface area contributed by atoms with Crippen molar-refractivity contribution >= 4 is 28.6 Å². The predicted octanol–water partition coefficient (Wildman–Crippen LogP) is 6.12. The number of carbonyl (C=O) groups is 2. The van der Waals surface area contributed by atoms with Gasteiger partial charge in [0.25, 0.3) is 0 Å². The second kappa shape index (κ2) is 10.7. The van der Waals surface area contributed by atoms with Gasteiger partial charge < -0.3 is 18.9 Å². The van der Waals surface area contributed by atoms with Crippen molar-refractivity contribution in [2.75, 3.05) is 18.1 Å². The van der Waals surface area contributed by atoms with Gasteiger partial charge in [-0.1, -0.05) is 12.1 Å². The summed E-state index contributed by atoms with van der Waals surface area (Å²) in [6.45, 7) is 4.25. The summed E-state index contributed by atoms with van der Waals surface area (Å²) >= 11 is 0. The number of rotatable bonds is 6. The van der Waals surface area contributed by atoms with Gasteiger partial charge in [0.1, 0.15) is 29.7 Å². The molecule has 0 N–H and O–H groups in total. The molecule has 2 aliphatic rings. The van der Waals surface area contributed by atoms with Gasteiger partial charge in [-0.25, -0.2) is 8.78 Å². The Bertz CT molecular complexity index is 1810. The lowest BCUT2D eigenvalue weighted by Crippen LogP contribution is -2.44. The largest absolute Gasteiger partial charge is 0.488 e. The molecule has 0 spiro atoms. The van der Waals surface area contributed by atoms with Gasteiger partial charge in [-0.2, -0.15) is 18.2 Å². The molecule has 0 aliphatic carbocycles. The Balaban J connectivity index is 1.48. The number of para-hydroxylation sites is 1. The van der Waals surface area contributed by atoms with Crippen LogP contribution in [0.2, 0.25) is 0 Å². The molecule has 44 heavy (non-hydrogen) atoms. The molecule has 9 nitrogen and oxygen atoms in total. The maximum Gasteiger partial charge on any atom is 0.471 e. The lowest BCUT2D eigenvalue weighted by atomic mass is 10.0. The quantitative estimate of drug-likeness (QED) is 0.190. The molecule has 1 unspecified atom stereocenters. The molecular formula is C30H24F5N3O6. The number of aromatic nitrogens is 2. The molecule has 2 aliphatic heterocycles. The minimum Gasteiger partial charge on any atom is -0.488 e. The first-order chi connectivity index (χ1) is 20.9. The summed E-state index contributed by atoms with van der Waals surface area (Å²) < 4.78 is 95.2. The molecule has 1 aromatic heterocycles.